The van der Waals surface area contributed by atoms with E-state index in [1.165, 1.54) is 62.8 Å². The average Bonchev–Trinajstić information content (AvgIpc) is 1.70. The lowest BCUT2D eigenvalue weighted by molar-refractivity contribution is -0.909. The molecule has 0 aromatic carbocycles. The number of carbonyl (C=O) groups excluding carboxylic acids is 1. The van der Waals surface area contributed by atoms with Crippen LogP contribution in [0.2, 0.25) is 0 Å². The van der Waals surface area contributed by atoms with Crippen LogP contribution in [0.25, 0.3) is 0 Å². The molecule has 5 atom stereocenters. The van der Waals surface area contributed by atoms with E-state index in [-0.39, 0.29) is 155 Å². The number of piperidine rings is 1. The molecule has 15 rings (SSSR count). The van der Waals surface area contributed by atoms with Crippen molar-refractivity contribution in [3.05, 3.63) is 12.2 Å². The minimum absolute atomic E-state index is 0. The number of carbonyl (C=O) groups is 1. The summed E-state index contributed by atoms with van der Waals surface area (Å²) >= 11 is 0. The minimum atomic E-state index is -4.19. The highest BCUT2D eigenvalue weighted by Gasteiger charge is 2.42. The maximum absolute atomic E-state index is 12.2. The lowest BCUT2D eigenvalue weighted by atomic mass is 9.92. The molecule has 1 aromatic heterocycles. The van der Waals surface area contributed by atoms with Crippen LogP contribution in [0, 0.1) is 5.92 Å². The van der Waals surface area contributed by atoms with Gasteiger partial charge in [-0.3, -0.25) is 121 Å². The van der Waals surface area contributed by atoms with E-state index >= 15 is 0 Å². The molecule has 0 amide bonds. The molecule has 26 nitrogen and oxygen atoms in total. The second kappa shape index (κ2) is 81.6. The Balaban J connectivity index is -0.000000505. The van der Waals surface area contributed by atoms with E-state index in [4.69, 9.17) is 9.47 Å². The quantitative estimate of drug-likeness (QED) is 0.0218. The van der Waals surface area contributed by atoms with Crippen molar-refractivity contribution < 1.29 is 227 Å². The van der Waals surface area contributed by atoms with Gasteiger partial charge in [0.25, 0.3) is 6.43 Å². The lowest BCUT2D eigenvalue weighted by Gasteiger charge is -2.40. The van der Waals surface area contributed by atoms with Gasteiger partial charge in [-0.05, 0) is 72.4 Å². The first-order valence-electron chi connectivity index (χ1n) is 49.2. The Labute approximate surface area is 844 Å². The number of nitrogens with one attached hydrogen (secondary N) is 10. The van der Waals surface area contributed by atoms with Crippen LogP contribution in [0.1, 0.15) is 78.0 Å². The normalized spacial score (nSPS) is 23.6. The smallest absolute Gasteiger partial charge is 0.592 e. The summed E-state index contributed by atoms with van der Waals surface area (Å²) < 4.78 is 334. The summed E-state index contributed by atoms with van der Waals surface area (Å²) in [5, 5.41) is 8.71. The number of esters is 1. The Morgan fingerprint density at radius 1 is 0.395 bits per heavy atom. The number of hydrogen-bond donors (Lipinski definition) is 10. The van der Waals surface area contributed by atoms with Crippen molar-refractivity contribution in [2.45, 2.75) is 122 Å². The number of fused-ring (bicyclic) bond motifs is 3. The fourth-order valence-corrected chi connectivity index (χ4v) is 21.0. The highest BCUT2D eigenvalue weighted by Crippen LogP contribution is 2.20. The zero-order valence-electron chi connectivity index (χ0n) is 83.8. The second-order valence-corrected chi connectivity index (χ2v) is 40.4. The first-order chi connectivity index (χ1) is 64.9. The lowest BCUT2D eigenvalue weighted by Crippen LogP contribution is -3.16. The average molecular weight is 2230 g/mol. The van der Waals surface area contributed by atoms with Crippen molar-refractivity contribution in [3.63, 3.8) is 0 Å². The third-order valence-corrected chi connectivity index (χ3v) is 29.0. The summed E-state index contributed by atoms with van der Waals surface area (Å²) in [6, 6.07) is 2.31. The third-order valence-electron chi connectivity index (χ3n) is 27.3. The van der Waals surface area contributed by atoms with Gasteiger partial charge in [0.05, 0.1) is 212 Å². The molecular weight excluding hydrogens is 2080 g/mol. The van der Waals surface area contributed by atoms with Crippen LogP contribution in [0.3, 0.4) is 0 Å². The molecule has 0 bridgehead atoms. The van der Waals surface area contributed by atoms with Gasteiger partial charge in [-0.15, -0.1) is 0 Å². The Morgan fingerprint density at radius 2 is 0.707 bits per heavy atom. The predicted molar refractivity (Wildman–Crippen MR) is 482 cm³/mol. The van der Waals surface area contributed by atoms with Crippen LogP contribution >= 0.6 is 0 Å². The van der Waals surface area contributed by atoms with Crippen LogP contribution in [0.4, 0.5) is 108 Å². The molecule has 13 saturated heterocycles. The Morgan fingerprint density at radius 3 is 1.05 bits per heavy atom. The number of piperazine rings is 7. The van der Waals surface area contributed by atoms with Crippen LogP contribution in [-0.2, 0) is 37.2 Å². The highest BCUT2D eigenvalue weighted by atomic mass is 32.2. The van der Waals surface area contributed by atoms with Crippen molar-refractivity contribution in [1.82, 2.24) is 54.2 Å². The van der Waals surface area contributed by atoms with Gasteiger partial charge in [-0.1, -0.05) is 0 Å². The van der Waals surface area contributed by atoms with Gasteiger partial charge in [-0.2, -0.15) is 18.3 Å². The molecule has 15 heterocycles. The number of halogens is 35. The number of hydrazine groups is 1. The van der Waals surface area contributed by atoms with Gasteiger partial charge in [0.15, 0.2) is 15.7 Å². The number of quaternary nitrogens is 10. The molecule has 14 aliphatic heterocycles. The highest BCUT2D eigenvalue weighted by molar-refractivity contribution is 7.91. The third kappa shape index (κ3) is 65.6. The van der Waals surface area contributed by atoms with Gasteiger partial charge in [0.2, 0.25) is 0 Å². The largest absolute Gasteiger partial charge is 1.00 e. The molecule has 1 aromatic rings. The number of sulfone groups is 1. The second-order valence-electron chi connectivity index (χ2n) is 38.1. The number of hydrogen-bond acceptors (Lipinski definition) is 15. The summed E-state index contributed by atoms with van der Waals surface area (Å²) in [7, 11) is -25.2. The van der Waals surface area contributed by atoms with E-state index in [1.807, 2.05) is 0 Å². The van der Waals surface area contributed by atoms with Gasteiger partial charge < -0.3 is 106 Å². The fraction of sp³-hybridized carbons (Fsp3) is 0.960. The molecule has 866 valence electrons. The summed E-state index contributed by atoms with van der Waals surface area (Å²) in [6.07, 6.45) is 3.09. The number of likely N-dealkylation sites (tertiary alicyclic amines) is 1. The van der Waals surface area contributed by atoms with Crippen LogP contribution in [0.5, 0.6) is 0 Å². The molecule has 0 aliphatic carbocycles. The number of alkyl halides is 5. The van der Waals surface area contributed by atoms with E-state index in [0.29, 0.717) is 138 Å². The Bertz CT molecular complexity index is 3340. The molecule has 0 saturated carbocycles. The van der Waals surface area contributed by atoms with Gasteiger partial charge >= 0.3 is 84.8 Å². The molecule has 0 spiro atoms. The maximum atomic E-state index is 12.2. The molecular formula is C75H150B10F35N21O5S. The van der Waals surface area contributed by atoms with Gasteiger partial charge in [0.1, 0.15) is 77.3 Å². The SMILES string of the molecule is CC(C)N1CC[NH+](CB(F)F)CC1.CCOC(=O)C1CC[NH+](CB(F)F)CC1.FB(F)C[NH+]1CCN(C2COC2)CC1.FB(F)C[NH+]1CCN(CC(F)(F)F)CC1.FB(F)C[NH+]1CCN(CC(F)F)CC1.FB(F)C[NH+]1CCN(N2CCCC2)CC1.FB(F)C[NH+]1CCN2CCCC2C1.FB(F)C[NH+]1CCN2CCC[C@H]2C1.FB(F)C[NH+]1CCn2ncnc2C1.O=S1(=O)CC[NH+](CB(F)F)CC1.[F-].[F-].[F-].[F-].[F-].[F-].[F-].[F-].[F-].[F-]. The maximum Gasteiger partial charge on any atom is 0.592 e. The predicted octanol–water partition coefficient (Wildman–Crippen LogP) is -38.2. The number of ether oxygens (including phenoxy) is 2. The van der Waals surface area contributed by atoms with Crippen molar-refractivity contribution in [3.8, 4) is 0 Å². The van der Waals surface area contributed by atoms with E-state index in [0.717, 1.165) is 189 Å². The molecule has 72 heteroatoms. The van der Waals surface area contributed by atoms with E-state index in [2.05, 4.69) is 53.5 Å². The number of aromatic nitrogens is 3. The van der Waals surface area contributed by atoms with Crippen molar-refractivity contribution in [2.24, 2.45) is 5.92 Å². The zero-order valence-corrected chi connectivity index (χ0v) is 84.6. The molecule has 0 radical (unpaired) electrons. The standard InChI is InChI=1S/C9H18BF2N3.C9H16BF2NO2.C8H15BF2N2O.2C8H15BF2N2.C8H17BF2N2.C7H12BF5N2.C7H13BF4N2.C6H9BF2N4.C5H10BF2NO2S.10FH/c11-10(12)9-13-5-7-15(8-6-13)14-3-1-2-4-14;1-2-15-9(14)8-3-5-13(6-4-8)7-10(11)12;10-9(11)7-12-1-3-13(4-2-12)8-5-14-6-8;2*10-9(11)7-12-4-5-13-3-1-2-8(13)6-12;1-8(2)13-5-3-12(4-6-13)7-9(10)11;9-7(10,11)5-14-1-3-15(4-2-14)6-8(12)13;9-7(10)5-13-1-3-14(4-2-13)6-8(11)12;8-7(9)4-12-1-2-13-6(3-12)10-5-11-13;7-6(8)5-9-1-3-12(10,11)4-2-9;;;;;;;;;;/h1-9H2;8H,2-7H2,1H3;8H,1-7H2;2*8H,1-7H2;8H,3-7H2,1-2H3;1-6H2;7H,1-6H2;5H,1-4H2;1-5H2;10*1H/t;;;8-;;;;;;;;;;;;;;;;/m...0................/s1. The number of nitrogens with zero attached hydrogens (tertiary/aromatic N) is 11. The molecule has 10 N–H and O–H groups in total. The molecule has 14 aliphatic rings. The monoisotopic (exact) mass is 2230 g/mol. The van der Waals surface area contributed by atoms with E-state index in [1.54, 1.807) is 16.5 Å². The fourth-order valence-electron chi connectivity index (χ4n) is 19.6. The molecule has 147 heavy (non-hydrogen) atoms. The summed E-state index contributed by atoms with van der Waals surface area (Å²) in [4.78, 5) is 37.1. The zero-order chi connectivity index (χ0) is 101. The Hall–Kier alpha value is -4.00. The topological polar surface area (TPSA) is 171 Å². The van der Waals surface area contributed by atoms with Crippen LogP contribution in [-0.4, -0.2) is 516 Å². The summed E-state index contributed by atoms with van der Waals surface area (Å²) in [5.41, 5.74) is 0. The van der Waals surface area contributed by atoms with Gasteiger partial charge in [-0.25, -0.2) is 36.9 Å². The Kier molecular flexibility index (Phi) is 84.0. The van der Waals surface area contributed by atoms with Gasteiger partial charge in [0, 0.05) is 97.4 Å². The summed E-state index contributed by atoms with van der Waals surface area (Å²) in [5.74, 6) is 0.659. The van der Waals surface area contributed by atoms with E-state index < -0.39 is 102 Å². The number of rotatable bonds is 28. The minimum Gasteiger partial charge on any atom is -1.00 e. The first-order valence-corrected chi connectivity index (χ1v) is 51.0. The van der Waals surface area contributed by atoms with Crippen molar-refractivity contribution >= 4 is 88.5 Å². The first kappa shape index (κ1) is 151. The molecule has 13 fully saturated rings. The molecule has 4 unspecified atom stereocenters. The van der Waals surface area contributed by atoms with Crippen molar-refractivity contribution in [2.75, 3.05) is 338 Å². The summed E-state index contributed by atoms with van der Waals surface area (Å²) in [6.45, 7) is 35.4. The van der Waals surface area contributed by atoms with Crippen LogP contribution < -0.4 is 96.0 Å². The van der Waals surface area contributed by atoms with E-state index in [9.17, 15) is 121 Å². The van der Waals surface area contributed by atoms with Crippen LogP contribution in [0.15, 0.2) is 6.33 Å². The van der Waals surface area contributed by atoms with Crippen molar-refractivity contribution in [1.29, 1.82) is 0 Å².